The quantitative estimate of drug-likeness (QED) is 0.847. The van der Waals surface area contributed by atoms with Gasteiger partial charge in [0.25, 0.3) is 0 Å². The molecule has 0 aromatic heterocycles. The summed E-state index contributed by atoms with van der Waals surface area (Å²) in [5.74, 6) is -0.115. The molecule has 23 heavy (non-hydrogen) atoms. The molecule has 1 aromatic carbocycles. The number of benzene rings is 1. The highest BCUT2D eigenvalue weighted by Gasteiger charge is 2.33. The van der Waals surface area contributed by atoms with Crippen molar-refractivity contribution < 1.29 is 13.2 Å². The number of aryl methyl sites for hydroxylation is 2. The van der Waals surface area contributed by atoms with E-state index < -0.39 is 16.1 Å². The molecule has 1 unspecified atom stereocenters. The van der Waals surface area contributed by atoms with Gasteiger partial charge in [0.15, 0.2) is 0 Å². The lowest BCUT2D eigenvalue weighted by Crippen LogP contribution is -2.50. The van der Waals surface area contributed by atoms with Crippen molar-refractivity contribution in [2.75, 3.05) is 23.7 Å². The molecule has 2 rings (SSSR count). The Balaban J connectivity index is 2.39. The van der Waals surface area contributed by atoms with E-state index in [-0.39, 0.29) is 5.91 Å². The summed E-state index contributed by atoms with van der Waals surface area (Å²) in [6.45, 7) is 6.90. The van der Waals surface area contributed by atoms with Crippen molar-refractivity contribution in [1.82, 2.24) is 4.90 Å². The highest BCUT2D eigenvalue weighted by Crippen LogP contribution is 2.27. The van der Waals surface area contributed by atoms with Gasteiger partial charge in [-0.3, -0.25) is 9.10 Å². The van der Waals surface area contributed by atoms with Crippen LogP contribution in [0.5, 0.6) is 0 Å². The van der Waals surface area contributed by atoms with Crippen LogP contribution in [0.4, 0.5) is 5.69 Å². The van der Waals surface area contributed by atoms with Gasteiger partial charge in [-0.25, -0.2) is 8.42 Å². The van der Waals surface area contributed by atoms with Crippen LogP contribution in [0.3, 0.4) is 0 Å². The summed E-state index contributed by atoms with van der Waals surface area (Å²) in [7, 11) is -3.55. The van der Waals surface area contributed by atoms with Crippen LogP contribution in [0.15, 0.2) is 18.2 Å². The molecule has 0 N–H and O–H groups in total. The van der Waals surface area contributed by atoms with Crippen molar-refractivity contribution in [3.63, 3.8) is 0 Å². The average Bonchev–Trinajstić information content (AvgIpc) is 2.49. The molecule has 6 heteroatoms. The Morgan fingerprint density at radius 2 is 1.78 bits per heavy atom. The number of hydrogen-bond donors (Lipinski definition) is 0. The average molecular weight is 338 g/mol. The molecular formula is C17H26N2O3S. The maximum atomic E-state index is 12.8. The number of piperidine rings is 1. The number of carbonyl (C=O) groups excluding carboxylic acids is 1. The smallest absolute Gasteiger partial charge is 0.246 e. The number of rotatable bonds is 4. The highest BCUT2D eigenvalue weighted by molar-refractivity contribution is 7.92. The molecule has 128 valence electrons. The summed E-state index contributed by atoms with van der Waals surface area (Å²) < 4.78 is 26.0. The molecule has 1 aliphatic heterocycles. The minimum absolute atomic E-state index is 0.115. The molecule has 0 radical (unpaired) electrons. The summed E-state index contributed by atoms with van der Waals surface area (Å²) in [5.41, 5.74) is 2.40. The zero-order chi connectivity index (χ0) is 17.2. The molecule has 1 heterocycles. The first-order valence-electron chi connectivity index (χ1n) is 8.07. The van der Waals surface area contributed by atoms with Gasteiger partial charge in [0.1, 0.15) is 6.04 Å². The third kappa shape index (κ3) is 4.05. The van der Waals surface area contributed by atoms with Crippen LogP contribution >= 0.6 is 0 Å². The number of likely N-dealkylation sites (tertiary alicyclic amines) is 1. The maximum Gasteiger partial charge on any atom is 0.246 e. The summed E-state index contributed by atoms with van der Waals surface area (Å²) in [6, 6.07) is 4.93. The fraction of sp³-hybridized carbons (Fsp3) is 0.588. The van der Waals surface area contributed by atoms with Crippen molar-refractivity contribution in [3.8, 4) is 0 Å². The van der Waals surface area contributed by atoms with E-state index in [4.69, 9.17) is 0 Å². The first kappa shape index (κ1) is 17.8. The summed E-state index contributed by atoms with van der Waals surface area (Å²) in [5, 5.41) is 0. The number of nitrogens with zero attached hydrogens (tertiary/aromatic N) is 2. The Morgan fingerprint density at radius 1 is 1.17 bits per heavy atom. The number of hydrogen-bond acceptors (Lipinski definition) is 3. The fourth-order valence-electron chi connectivity index (χ4n) is 3.11. The standard InChI is InChI=1S/C17H26N2O3S/c1-13-8-9-14(2)16(12-13)19(23(4,21)22)15(3)17(20)18-10-6-5-7-11-18/h8-9,12,15H,5-7,10-11H2,1-4H3. The number of amides is 1. The molecule has 0 spiro atoms. The monoisotopic (exact) mass is 338 g/mol. The van der Waals surface area contributed by atoms with Crippen LogP contribution in [-0.4, -0.2) is 44.6 Å². The van der Waals surface area contributed by atoms with Gasteiger partial charge in [-0.15, -0.1) is 0 Å². The Kier molecular flexibility index (Phi) is 5.34. The SMILES string of the molecule is Cc1ccc(C)c(N(C(C)C(=O)N2CCCCC2)S(C)(=O)=O)c1. The summed E-state index contributed by atoms with van der Waals surface area (Å²) in [6.07, 6.45) is 4.27. The van der Waals surface area contributed by atoms with E-state index in [9.17, 15) is 13.2 Å². The minimum Gasteiger partial charge on any atom is -0.341 e. The van der Waals surface area contributed by atoms with Crippen LogP contribution in [0.1, 0.15) is 37.3 Å². The lowest BCUT2D eigenvalue weighted by Gasteiger charge is -2.35. The van der Waals surface area contributed by atoms with Gasteiger partial charge in [-0.1, -0.05) is 12.1 Å². The molecule has 1 fully saturated rings. The molecular weight excluding hydrogens is 312 g/mol. The zero-order valence-electron chi connectivity index (χ0n) is 14.4. The summed E-state index contributed by atoms with van der Waals surface area (Å²) in [4.78, 5) is 14.6. The third-order valence-electron chi connectivity index (χ3n) is 4.34. The number of anilines is 1. The molecule has 0 aliphatic carbocycles. The van der Waals surface area contributed by atoms with Gasteiger partial charge in [0.2, 0.25) is 15.9 Å². The normalized spacial score (nSPS) is 17.0. The van der Waals surface area contributed by atoms with Gasteiger partial charge in [-0.05, 0) is 57.2 Å². The highest BCUT2D eigenvalue weighted by atomic mass is 32.2. The second-order valence-electron chi connectivity index (χ2n) is 6.41. The van der Waals surface area contributed by atoms with E-state index in [1.54, 1.807) is 11.8 Å². The Labute approximate surface area is 139 Å². The third-order valence-corrected chi connectivity index (χ3v) is 5.56. The minimum atomic E-state index is -3.55. The van der Waals surface area contributed by atoms with E-state index in [1.807, 2.05) is 32.0 Å². The largest absolute Gasteiger partial charge is 0.341 e. The number of sulfonamides is 1. The van der Waals surface area contributed by atoms with Gasteiger partial charge >= 0.3 is 0 Å². The molecule has 1 saturated heterocycles. The molecule has 1 atom stereocenters. The van der Waals surface area contributed by atoms with Gasteiger partial charge in [0, 0.05) is 13.1 Å². The van der Waals surface area contributed by atoms with Gasteiger partial charge in [-0.2, -0.15) is 0 Å². The maximum absolute atomic E-state index is 12.8. The van der Waals surface area contributed by atoms with Crippen molar-refractivity contribution in [3.05, 3.63) is 29.3 Å². The van der Waals surface area contributed by atoms with Gasteiger partial charge < -0.3 is 4.90 Å². The Hall–Kier alpha value is -1.56. The van der Waals surface area contributed by atoms with Crippen molar-refractivity contribution in [2.45, 2.75) is 46.1 Å². The molecule has 1 aliphatic rings. The molecule has 5 nitrogen and oxygen atoms in total. The fourth-order valence-corrected chi connectivity index (χ4v) is 4.33. The second-order valence-corrected chi connectivity index (χ2v) is 8.27. The van der Waals surface area contributed by atoms with E-state index in [2.05, 4.69) is 0 Å². The second kappa shape index (κ2) is 6.91. The van der Waals surface area contributed by atoms with E-state index in [0.29, 0.717) is 18.8 Å². The first-order valence-corrected chi connectivity index (χ1v) is 9.92. The predicted molar refractivity (Wildman–Crippen MR) is 93.1 cm³/mol. The van der Waals surface area contributed by atoms with Gasteiger partial charge in [0.05, 0.1) is 11.9 Å². The molecule has 1 amide bonds. The van der Waals surface area contributed by atoms with Crippen LogP contribution in [0, 0.1) is 13.8 Å². The van der Waals surface area contributed by atoms with Crippen molar-refractivity contribution in [1.29, 1.82) is 0 Å². The lowest BCUT2D eigenvalue weighted by molar-refractivity contribution is -0.132. The lowest BCUT2D eigenvalue weighted by atomic mass is 10.1. The van der Waals surface area contributed by atoms with Crippen LogP contribution in [0.2, 0.25) is 0 Å². The van der Waals surface area contributed by atoms with E-state index >= 15 is 0 Å². The Bertz CT molecular complexity index is 679. The van der Waals surface area contributed by atoms with Crippen molar-refractivity contribution >= 4 is 21.6 Å². The number of carbonyl (C=O) groups is 1. The molecule has 0 saturated carbocycles. The van der Waals surface area contributed by atoms with Crippen LogP contribution < -0.4 is 4.31 Å². The topological polar surface area (TPSA) is 57.7 Å². The molecule has 1 aromatic rings. The van der Waals surface area contributed by atoms with E-state index in [0.717, 1.165) is 36.6 Å². The van der Waals surface area contributed by atoms with Crippen molar-refractivity contribution in [2.24, 2.45) is 0 Å². The molecule has 0 bridgehead atoms. The van der Waals surface area contributed by atoms with Crippen LogP contribution in [0.25, 0.3) is 0 Å². The first-order chi connectivity index (χ1) is 10.7. The predicted octanol–water partition coefficient (Wildman–Crippen LogP) is 2.47. The summed E-state index contributed by atoms with van der Waals surface area (Å²) >= 11 is 0. The van der Waals surface area contributed by atoms with Crippen LogP contribution in [-0.2, 0) is 14.8 Å². The zero-order valence-corrected chi connectivity index (χ0v) is 15.2. The van der Waals surface area contributed by atoms with E-state index in [1.165, 1.54) is 4.31 Å². The Morgan fingerprint density at radius 3 is 2.35 bits per heavy atom.